The molecule has 1 aromatic rings. The van der Waals surface area contributed by atoms with Gasteiger partial charge in [0.2, 0.25) is 0 Å². The lowest BCUT2D eigenvalue weighted by atomic mass is 9.76. The van der Waals surface area contributed by atoms with E-state index < -0.39 is 0 Å². The summed E-state index contributed by atoms with van der Waals surface area (Å²) in [6.07, 6.45) is 6.27. The van der Waals surface area contributed by atoms with Crippen LogP contribution >= 0.6 is 0 Å². The van der Waals surface area contributed by atoms with Gasteiger partial charge in [0.15, 0.2) is 0 Å². The number of unbranched alkanes of at least 4 members (excludes halogenated alkanes) is 2. The van der Waals surface area contributed by atoms with Crippen molar-refractivity contribution in [2.24, 2.45) is 0 Å². The maximum absolute atomic E-state index is 9.31. The molecule has 0 fully saturated rings. The van der Waals surface area contributed by atoms with E-state index in [9.17, 15) is 5.11 Å². The number of hydrogen-bond donors (Lipinski definition) is 1. The van der Waals surface area contributed by atoms with Gasteiger partial charge in [-0.25, -0.2) is 0 Å². The van der Waals surface area contributed by atoms with Crippen LogP contribution in [0.5, 0.6) is 5.75 Å². The van der Waals surface area contributed by atoms with Crippen molar-refractivity contribution in [3.05, 3.63) is 29.8 Å². The monoisotopic (exact) mass is 220 g/mol. The van der Waals surface area contributed by atoms with Crippen molar-refractivity contribution in [2.75, 3.05) is 0 Å². The molecule has 0 spiro atoms. The van der Waals surface area contributed by atoms with Crippen LogP contribution in [0.15, 0.2) is 24.3 Å². The molecule has 1 rings (SSSR count). The van der Waals surface area contributed by atoms with Crippen molar-refractivity contribution in [2.45, 2.75) is 58.3 Å². The van der Waals surface area contributed by atoms with Crippen molar-refractivity contribution >= 4 is 0 Å². The first-order chi connectivity index (χ1) is 7.62. The van der Waals surface area contributed by atoms with Gasteiger partial charge in [0.25, 0.3) is 0 Å². The molecule has 1 atom stereocenters. The van der Waals surface area contributed by atoms with Crippen LogP contribution in [0.1, 0.15) is 58.4 Å². The van der Waals surface area contributed by atoms with Crippen molar-refractivity contribution in [1.29, 1.82) is 0 Å². The van der Waals surface area contributed by atoms with Crippen LogP contribution in [-0.4, -0.2) is 5.11 Å². The average molecular weight is 220 g/mol. The highest BCUT2D eigenvalue weighted by molar-refractivity contribution is 5.31. The summed E-state index contributed by atoms with van der Waals surface area (Å²) in [6, 6.07) is 7.71. The highest BCUT2D eigenvalue weighted by Gasteiger charge is 2.23. The van der Waals surface area contributed by atoms with Gasteiger partial charge in [-0.1, -0.05) is 52.2 Å². The van der Waals surface area contributed by atoms with Gasteiger partial charge in [-0.3, -0.25) is 0 Å². The molecule has 90 valence electrons. The first kappa shape index (κ1) is 13.1. The van der Waals surface area contributed by atoms with E-state index in [4.69, 9.17) is 0 Å². The second kappa shape index (κ2) is 5.93. The molecule has 0 saturated heterocycles. The number of benzene rings is 1. The van der Waals surface area contributed by atoms with Gasteiger partial charge in [0.05, 0.1) is 0 Å². The number of rotatable bonds is 6. The van der Waals surface area contributed by atoms with Gasteiger partial charge in [-0.05, 0) is 36.0 Å². The molecule has 0 heterocycles. The minimum Gasteiger partial charge on any atom is -0.508 e. The van der Waals surface area contributed by atoms with Crippen molar-refractivity contribution in [3.8, 4) is 5.75 Å². The topological polar surface area (TPSA) is 20.2 Å². The van der Waals surface area contributed by atoms with E-state index in [2.05, 4.69) is 32.9 Å². The Balaban J connectivity index is 2.74. The Labute approximate surface area is 99.5 Å². The zero-order valence-electron chi connectivity index (χ0n) is 10.8. The molecule has 0 bridgehead atoms. The predicted octanol–water partition coefficient (Wildman–Crippen LogP) is 4.64. The lowest BCUT2D eigenvalue weighted by molar-refractivity contribution is 0.397. The lowest BCUT2D eigenvalue weighted by Gasteiger charge is -2.29. The third-order valence-corrected chi connectivity index (χ3v) is 3.68. The van der Waals surface area contributed by atoms with Gasteiger partial charge in [0.1, 0.15) is 5.75 Å². The van der Waals surface area contributed by atoms with Gasteiger partial charge in [0, 0.05) is 0 Å². The number of aromatic hydroxyl groups is 1. The van der Waals surface area contributed by atoms with Crippen LogP contribution in [0.4, 0.5) is 0 Å². The zero-order valence-corrected chi connectivity index (χ0v) is 10.8. The largest absolute Gasteiger partial charge is 0.508 e. The standard InChI is InChI=1S/C15H24O/c1-4-6-7-12-15(3,5-2)13-8-10-14(16)11-9-13/h8-11,16H,4-7,12H2,1-3H3. The molecule has 0 aliphatic carbocycles. The van der Waals surface area contributed by atoms with Gasteiger partial charge in [-0.15, -0.1) is 0 Å². The molecule has 0 radical (unpaired) electrons. The molecule has 1 N–H and O–H groups in total. The molecule has 1 nitrogen and oxygen atoms in total. The van der Waals surface area contributed by atoms with E-state index in [0.717, 1.165) is 6.42 Å². The van der Waals surface area contributed by atoms with Crippen molar-refractivity contribution in [1.82, 2.24) is 0 Å². The molecule has 0 saturated carbocycles. The molecular formula is C15H24O. The molecule has 0 aliphatic heterocycles. The SMILES string of the molecule is CCCCCC(C)(CC)c1ccc(O)cc1. The Morgan fingerprint density at radius 2 is 1.69 bits per heavy atom. The van der Waals surface area contributed by atoms with Crippen molar-refractivity contribution in [3.63, 3.8) is 0 Å². The molecular weight excluding hydrogens is 196 g/mol. The van der Waals surface area contributed by atoms with Gasteiger partial charge >= 0.3 is 0 Å². The normalized spacial score (nSPS) is 14.7. The highest BCUT2D eigenvalue weighted by atomic mass is 16.3. The smallest absolute Gasteiger partial charge is 0.115 e. The molecule has 0 aliphatic rings. The van der Waals surface area contributed by atoms with E-state index in [1.54, 1.807) is 12.1 Å². The summed E-state index contributed by atoms with van der Waals surface area (Å²) >= 11 is 0. The summed E-state index contributed by atoms with van der Waals surface area (Å²) in [5.41, 5.74) is 1.62. The maximum atomic E-state index is 9.31. The molecule has 1 aromatic carbocycles. The van der Waals surface area contributed by atoms with Crippen LogP contribution in [0.25, 0.3) is 0 Å². The van der Waals surface area contributed by atoms with Crippen LogP contribution in [-0.2, 0) is 5.41 Å². The zero-order chi connectivity index (χ0) is 12.0. The predicted molar refractivity (Wildman–Crippen MR) is 69.9 cm³/mol. The van der Waals surface area contributed by atoms with Gasteiger partial charge in [-0.2, -0.15) is 0 Å². The Morgan fingerprint density at radius 3 is 2.19 bits per heavy atom. The second-order valence-corrected chi connectivity index (χ2v) is 4.92. The first-order valence-corrected chi connectivity index (χ1v) is 6.42. The Morgan fingerprint density at radius 1 is 1.06 bits per heavy atom. The van der Waals surface area contributed by atoms with E-state index in [1.165, 1.54) is 31.2 Å². The summed E-state index contributed by atoms with van der Waals surface area (Å²) in [6.45, 7) is 6.82. The van der Waals surface area contributed by atoms with Crippen LogP contribution < -0.4 is 0 Å². The van der Waals surface area contributed by atoms with E-state index in [-0.39, 0.29) is 5.41 Å². The highest BCUT2D eigenvalue weighted by Crippen LogP contribution is 2.33. The first-order valence-electron chi connectivity index (χ1n) is 6.42. The van der Waals surface area contributed by atoms with Gasteiger partial charge < -0.3 is 5.11 Å². The van der Waals surface area contributed by atoms with Crippen LogP contribution in [0.2, 0.25) is 0 Å². The average Bonchev–Trinajstić information content (AvgIpc) is 2.30. The van der Waals surface area contributed by atoms with E-state index in [1.807, 2.05) is 0 Å². The fourth-order valence-electron chi connectivity index (χ4n) is 2.15. The summed E-state index contributed by atoms with van der Waals surface area (Å²) in [5, 5.41) is 9.31. The maximum Gasteiger partial charge on any atom is 0.115 e. The Hall–Kier alpha value is -0.980. The number of phenols is 1. The number of phenolic OH excluding ortho intramolecular Hbond substituents is 1. The number of hydrogen-bond acceptors (Lipinski definition) is 1. The molecule has 0 aromatic heterocycles. The molecule has 1 unspecified atom stereocenters. The molecule has 0 amide bonds. The van der Waals surface area contributed by atoms with Crippen LogP contribution in [0, 0.1) is 0 Å². The van der Waals surface area contributed by atoms with Crippen LogP contribution in [0.3, 0.4) is 0 Å². The third-order valence-electron chi connectivity index (χ3n) is 3.68. The Bertz CT molecular complexity index is 302. The lowest BCUT2D eigenvalue weighted by Crippen LogP contribution is -2.20. The quantitative estimate of drug-likeness (QED) is 0.692. The third kappa shape index (κ3) is 3.26. The fraction of sp³-hybridized carbons (Fsp3) is 0.600. The molecule has 1 heteroatoms. The fourth-order valence-corrected chi connectivity index (χ4v) is 2.15. The summed E-state index contributed by atoms with van der Waals surface area (Å²) in [5.74, 6) is 0.357. The second-order valence-electron chi connectivity index (χ2n) is 4.92. The summed E-state index contributed by atoms with van der Waals surface area (Å²) < 4.78 is 0. The summed E-state index contributed by atoms with van der Waals surface area (Å²) in [4.78, 5) is 0. The minimum atomic E-state index is 0.267. The van der Waals surface area contributed by atoms with Crippen molar-refractivity contribution < 1.29 is 5.11 Å². The van der Waals surface area contributed by atoms with E-state index in [0.29, 0.717) is 5.75 Å². The Kier molecular flexibility index (Phi) is 4.85. The summed E-state index contributed by atoms with van der Waals surface area (Å²) in [7, 11) is 0. The minimum absolute atomic E-state index is 0.267. The molecule has 16 heavy (non-hydrogen) atoms. The van der Waals surface area contributed by atoms with E-state index >= 15 is 0 Å².